The Bertz CT molecular complexity index is 585. The van der Waals surface area contributed by atoms with Gasteiger partial charge in [-0.3, -0.25) is 5.43 Å². The molecular weight excluding hydrogens is 271 g/mol. The minimum atomic E-state index is 0.178. The van der Waals surface area contributed by atoms with Crippen LogP contribution < -0.4 is 5.43 Å². The number of nitrogens with one attached hydrogen (secondary N) is 1. The summed E-state index contributed by atoms with van der Waals surface area (Å²) in [5, 5.41) is 14.5. The van der Waals surface area contributed by atoms with Crippen molar-refractivity contribution in [2.45, 2.75) is 0 Å². The monoisotopic (exact) mass is 280 g/mol. The van der Waals surface area contributed by atoms with E-state index in [0.717, 1.165) is 5.69 Å². The maximum Gasteiger partial charge on any atom is 0.124 e. The summed E-state index contributed by atoms with van der Waals surface area (Å²) in [5.74, 6) is 0.178. The molecule has 2 N–H and O–H groups in total. The minimum Gasteiger partial charge on any atom is -0.507 e. The molecule has 0 spiro atoms. The summed E-state index contributed by atoms with van der Waals surface area (Å²) in [5.41, 5.74) is 4.15. The molecule has 0 saturated heterocycles. The highest BCUT2D eigenvalue weighted by Gasteiger charge is 1.98. The first-order valence-electron chi connectivity index (χ1n) is 5.19. The summed E-state index contributed by atoms with van der Waals surface area (Å²) in [6.45, 7) is 0. The van der Waals surface area contributed by atoms with Crippen molar-refractivity contribution in [1.82, 2.24) is 0 Å². The predicted molar refractivity (Wildman–Crippen MR) is 75.8 cm³/mol. The number of aromatic hydroxyl groups is 1. The molecule has 2 rings (SSSR count). The largest absolute Gasteiger partial charge is 0.507 e. The molecule has 0 aliphatic rings. The zero-order chi connectivity index (χ0) is 13.0. The van der Waals surface area contributed by atoms with Gasteiger partial charge in [0, 0.05) is 5.56 Å². The van der Waals surface area contributed by atoms with Gasteiger partial charge in [-0.15, -0.1) is 0 Å². The number of anilines is 1. The van der Waals surface area contributed by atoms with E-state index in [2.05, 4.69) is 10.5 Å². The van der Waals surface area contributed by atoms with E-state index in [1.54, 1.807) is 36.4 Å². The van der Waals surface area contributed by atoms with Gasteiger partial charge in [0.05, 0.1) is 21.9 Å². The molecule has 18 heavy (non-hydrogen) atoms. The van der Waals surface area contributed by atoms with Crippen LogP contribution in [0.5, 0.6) is 5.75 Å². The minimum absolute atomic E-state index is 0.178. The van der Waals surface area contributed by atoms with Gasteiger partial charge in [-0.25, -0.2) is 0 Å². The Kier molecular flexibility index (Phi) is 4.07. The zero-order valence-corrected chi connectivity index (χ0v) is 10.8. The molecule has 0 fully saturated rings. The number of para-hydroxylation sites is 1. The molecule has 0 unspecified atom stereocenters. The van der Waals surface area contributed by atoms with Crippen LogP contribution in [0.3, 0.4) is 0 Å². The zero-order valence-electron chi connectivity index (χ0n) is 9.27. The van der Waals surface area contributed by atoms with Crippen LogP contribution in [-0.2, 0) is 0 Å². The van der Waals surface area contributed by atoms with Gasteiger partial charge in [-0.2, -0.15) is 5.10 Å². The number of phenolic OH excluding ortho intramolecular Hbond substituents is 1. The van der Waals surface area contributed by atoms with Gasteiger partial charge >= 0.3 is 0 Å². The van der Waals surface area contributed by atoms with Crippen molar-refractivity contribution in [3.63, 3.8) is 0 Å². The lowest BCUT2D eigenvalue weighted by Gasteiger charge is -2.02. The smallest absolute Gasteiger partial charge is 0.124 e. The molecule has 3 nitrogen and oxygen atoms in total. The maximum atomic E-state index is 9.53. The van der Waals surface area contributed by atoms with Crippen LogP contribution in [0, 0.1) is 0 Å². The average Bonchev–Trinajstić information content (AvgIpc) is 2.36. The Morgan fingerprint density at radius 1 is 1.06 bits per heavy atom. The molecule has 92 valence electrons. The SMILES string of the molecule is Oc1ccccc1/C=N/Nc1ccc(Cl)c(Cl)c1. The number of halogens is 2. The fraction of sp³-hybridized carbons (Fsp3) is 0. The Balaban J connectivity index is 2.07. The van der Waals surface area contributed by atoms with Crippen LogP contribution in [0.4, 0.5) is 5.69 Å². The predicted octanol–water partition coefficient (Wildman–Crippen LogP) is 4.15. The summed E-state index contributed by atoms with van der Waals surface area (Å²) < 4.78 is 0. The van der Waals surface area contributed by atoms with Gasteiger partial charge in [0.15, 0.2) is 0 Å². The average molecular weight is 281 g/mol. The van der Waals surface area contributed by atoms with E-state index in [-0.39, 0.29) is 5.75 Å². The highest BCUT2D eigenvalue weighted by Crippen LogP contribution is 2.25. The molecule has 2 aromatic rings. The second kappa shape index (κ2) is 5.76. The fourth-order valence-corrected chi connectivity index (χ4v) is 1.64. The highest BCUT2D eigenvalue weighted by atomic mass is 35.5. The summed E-state index contributed by atoms with van der Waals surface area (Å²) in [7, 11) is 0. The van der Waals surface area contributed by atoms with Crippen molar-refractivity contribution in [3.05, 3.63) is 58.1 Å². The molecular formula is C13H10Cl2N2O. The molecule has 0 saturated carbocycles. The normalized spacial score (nSPS) is 10.8. The highest BCUT2D eigenvalue weighted by molar-refractivity contribution is 6.42. The van der Waals surface area contributed by atoms with Crippen LogP contribution in [-0.4, -0.2) is 11.3 Å². The van der Waals surface area contributed by atoms with Crippen LogP contribution in [0.25, 0.3) is 0 Å². The second-order valence-electron chi connectivity index (χ2n) is 3.56. The van der Waals surface area contributed by atoms with E-state index >= 15 is 0 Å². The van der Waals surface area contributed by atoms with E-state index in [1.807, 2.05) is 6.07 Å². The number of hydrogen-bond donors (Lipinski definition) is 2. The Hall–Kier alpha value is -1.71. The fourth-order valence-electron chi connectivity index (χ4n) is 1.34. The van der Waals surface area contributed by atoms with Crippen LogP contribution in [0.1, 0.15) is 5.56 Å². The summed E-state index contributed by atoms with van der Waals surface area (Å²) in [6, 6.07) is 12.0. The number of hydrazone groups is 1. The second-order valence-corrected chi connectivity index (χ2v) is 4.37. The molecule has 5 heteroatoms. The van der Waals surface area contributed by atoms with E-state index in [0.29, 0.717) is 15.6 Å². The third kappa shape index (κ3) is 3.15. The molecule has 0 amide bonds. The lowest BCUT2D eigenvalue weighted by molar-refractivity contribution is 0.474. The van der Waals surface area contributed by atoms with Gasteiger partial charge in [0.25, 0.3) is 0 Å². The quantitative estimate of drug-likeness (QED) is 0.655. The third-order valence-corrected chi connectivity index (χ3v) is 2.99. The van der Waals surface area contributed by atoms with Crippen molar-refractivity contribution < 1.29 is 5.11 Å². The molecule has 0 radical (unpaired) electrons. The number of benzene rings is 2. The Morgan fingerprint density at radius 2 is 1.83 bits per heavy atom. The van der Waals surface area contributed by atoms with Crippen molar-refractivity contribution >= 4 is 35.1 Å². The van der Waals surface area contributed by atoms with Gasteiger partial charge in [-0.1, -0.05) is 35.3 Å². The summed E-state index contributed by atoms with van der Waals surface area (Å²) >= 11 is 11.7. The number of phenols is 1. The van der Waals surface area contributed by atoms with Gasteiger partial charge in [-0.05, 0) is 30.3 Å². The van der Waals surface area contributed by atoms with Crippen molar-refractivity contribution in [2.75, 3.05) is 5.43 Å². The van der Waals surface area contributed by atoms with Gasteiger partial charge in [0.1, 0.15) is 5.75 Å². The summed E-state index contributed by atoms with van der Waals surface area (Å²) in [4.78, 5) is 0. The number of hydrogen-bond acceptors (Lipinski definition) is 3. The molecule has 0 aliphatic heterocycles. The molecule has 2 aromatic carbocycles. The lowest BCUT2D eigenvalue weighted by atomic mass is 10.2. The first-order valence-corrected chi connectivity index (χ1v) is 5.94. The first-order chi connectivity index (χ1) is 8.66. The molecule has 0 aromatic heterocycles. The van der Waals surface area contributed by atoms with Crippen LogP contribution in [0.2, 0.25) is 10.0 Å². The van der Waals surface area contributed by atoms with Crippen molar-refractivity contribution in [1.29, 1.82) is 0 Å². The van der Waals surface area contributed by atoms with E-state index < -0.39 is 0 Å². The molecule has 0 aliphatic carbocycles. The Morgan fingerprint density at radius 3 is 2.56 bits per heavy atom. The molecule has 0 bridgehead atoms. The van der Waals surface area contributed by atoms with Crippen LogP contribution in [0.15, 0.2) is 47.6 Å². The lowest BCUT2D eigenvalue weighted by Crippen LogP contribution is -1.90. The number of nitrogens with zero attached hydrogens (tertiary/aromatic N) is 1. The standard InChI is InChI=1S/C13H10Cl2N2O/c14-11-6-5-10(7-12(11)15)17-16-8-9-3-1-2-4-13(9)18/h1-8,17-18H/b16-8+. The summed E-state index contributed by atoms with van der Waals surface area (Å²) in [6.07, 6.45) is 1.53. The van der Waals surface area contributed by atoms with Crippen molar-refractivity contribution in [2.24, 2.45) is 5.10 Å². The maximum absolute atomic E-state index is 9.53. The van der Waals surface area contributed by atoms with E-state index in [1.165, 1.54) is 6.21 Å². The third-order valence-electron chi connectivity index (χ3n) is 2.25. The van der Waals surface area contributed by atoms with Gasteiger partial charge in [0.2, 0.25) is 0 Å². The van der Waals surface area contributed by atoms with E-state index in [4.69, 9.17) is 23.2 Å². The van der Waals surface area contributed by atoms with Crippen molar-refractivity contribution in [3.8, 4) is 5.75 Å². The topological polar surface area (TPSA) is 44.6 Å². The van der Waals surface area contributed by atoms with Crippen LogP contribution >= 0.6 is 23.2 Å². The van der Waals surface area contributed by atoms with Gasteiger partial charge < -0.3 is 5.11 Å². The molecule has 0 heterocycles. The Labute approximate surface area is 115 Å². The molecule has 0 atom stereocenters. The number of rotatable bonds is 3. The first kappa shape index (κ1) is 12.7. The van der Waals surface area contributed by atoms with E-state index in [9.17, 15) is 5.11 Å².